The number of halogens is 2. The van der Waals surface area contributed by atoms with E-state index in [1.54, 1.807) is 24.3 Å². The van der Waals surface area contributed by atoms with E-state index in [0.29, 0.717) is 0 Å². The highest BCUT2D eigenvalue weighted by Gasteiger charge is 2.16. The summed E-state index contributed by atoms with van der Waals surface area (Å²) in [5.41, 5.74) is 6.09. The van der Waals surface area contributed by atoms with Gasteiger partial charge < -0.3 is 10.8 Å². The summed E-state index contributed by atoms with van der Waals surface area (Å²) in [4.78, 5) is 10.7. The van der Waals surface area contributed by atoms with Crippen molar-refractivity contribution in [1.29, 1.82) is 0 Å². The Morgan fingerprint density at radius 2 is 1.93 bits per heavy atom. The molecule has 0 spiro atoms. The number of carboxylic acids is 1. The molecule has 0 radical (unpaired) electrons. The quantitative estimate of drug-likeness (QED) is 0.890. The summed E-state index contributed by atoms with van der Waals surface area (Å²) in [6.07, 6.45) is 0. The number of benzene rings is 1. The van der Waals surface area contributed by atoms with Crippen LogP contribution in [0.2, 0.25) is 0 Å². The summed E-state index contributed by atoms with van der Waals surface area (Å²) in [7, 11) is 0. The first kappa shape index (κ1) is 13.4. The Morgan fingerprint density at radius 1 is 1.43 bits per heavy atom. The van der Waals surface area contributed by atoms with Crippen LogP contribution >= 0.6 is 28.3 Å². The lowest BCUT2D eigenvalue weighted by Gasteiger charge is -2.09. The van der Waals surface area contributed by atoms with Gasteiger partial charge in [-0.3, -0.25) is 4.79 Å². The van der Waals surface area contributed by atoms with E-state index < -0.39 is 11.9 Å². The van der Waals surface area contributed by atoms with Crippen molar-refractivity contribution in [3.8, 4) is 0 Å². The number of hydrogen-bond acceptors (Lipinski definition) is 2. The van der Waals surface area contributed by atoms with Gasteiger partial charge in [0.2, 0.25) is 0 Å². The Kier molecular flexibility index (Phi) is 5.76. The molecule has 0 amide bonds. The molecule has 1 aromatic rings. The van der Waals surface area contributed by atoms with Crippen LogP contribution in [0.5, 0.6) is 0 Å². The van der Waals surface area contributed by atoms with Crippen molar-refractivity contribution < 1.29 is 9.90 Å². The molecule has 0 aliphatic heterocycles. The summed E-state index contributed by atoms with van der Waals surface area (Å²) in [6, 6.07) is 7.13. The number of aliphatic carboxylic acids is 1. The molecule has 3 N–H and O–H groups in total. The Balaban J connectivity index is 0.00000169. The van der Waals surface area contributed by atoms with Gasteiger partial charge in [-0.25, -0.2) is 0 Å². The maximum Gasteiger partial charge on any atom is 0.312 e. The molecule has 0 aliphatic rings. The number of nitrogens with two attached hydrogens (primary N) is 1. The Bertz CT molecular complexity index is 302. The molecule has 1 aromatic carbocycles. The van der Waals surface area contributed by atoms with E-state index >= 15 is 0 Å². The maximum atomic E-state index is 10.7. The molecule has 0 aromatic heterocycles. The second-order valence-corrected chi connectivity index (χ2v) is 3.59. The Hall–Kier alpha value is -0.580. The summed E-state index contributed by atoms with van der Waals surface area (Å²) in [5.74, 6) is -1.49. The van der Waals surface area contributed by atoms with Crippen LogP contribution < -0.4 is 5.73 Å². The SMILES string of the molecule is Cl.NC[C@H](C(=O)O)c1ccc(Br)cc1. The van der Waals surface area contributed by atoms with Crippen molar-refractivity contribution in [2.45, 2.75) is 5.92 Å². The van der Waals surface area contributed by atoms with Crippen molar-refractivity contribution in [3.05, 3.63) is 34.3 Å². The standard InChI is InChI=1S/C9H10BrNO2.ClH/c10-7-3-1-6(2-4-7)8(5-11)9(12)13;/h1-4,8H,5,11H2,(H,12,13);1H/t8-;/m0./s1. The fourth-order valence-electron chi connectivity index (χ4n) is 1.07. The third kappa shape index (κ3) is 3.29. The monoisotopic (exact) mass is 279 g/mol. The van der Waals surface area contributed by atoms with Gasteiger partial charge in [0.1, 0.15) is 0 Å². The molecule has 0 saturated carbocycles. The van der Waals surface area contributed by atoms with Crippen LogP contribution in [-0.2, 0) is 4.79 Å². The van der Waals surface area contributed by atoms with E-state index in [1.807, 2.05) is 0 Å². The van der Waals surface area contributed by atoms with Gasteiger partial charge in [0.25, 0.3) is 0 Å². The van der Waals surface area contributed by atoms with E-state index in [-0.39, 0.29) is 19.0 Å². The molecule has 0 unspecified atom stereocenters. The van der Waals surface area contributed by atoms with E-state index in [2.05, 4.69) is 15.9 Å². The van der Waals surface area contributed by atoms with E-state index in [9.17, 15) is 4.79 Å². The first-order valence-corrected chi connectivity index (χ1v) is 4.62. The van der Waals surface area contributed by atoms with Crippen molar-refractivity contribution >= 4 is 34.3 Å². The third-order valence-electron chi connectivity index (χ3n) is 1.81. The van der Waals surface area contributed by atoms with Crippen LogP contribution in [0.1, 0.15) is 11.5 Å². The Morgan fingerprint density at radius 3 is 2.29 bits per heavy atom. The van der Waals surface area contributed by atoms with Gasteiger partial charge in [-0.2, -0.15) is 0 Å². The molecule has 0 heterocycles. The fraction of sp³-hybridized carbons (Fsp3) is 0.222. The third-order valence-corrected chi connectivity index (χ3v) is 2.33. The van der Waals surface area contributed by atoms with Gasteiger partial charge in [0, 0.05) is 11.0 Å². The first-order valence-electron chi connectivity index (χ1n) is 3.83. The lowest BCUT2D eigenvalue weighted by atomic mass is 10.00. The normalized spacial score (nSPS) is 11.6. The van der Waals surface area contributed by atoms with Crippen LogP contribution in [0.25, 0.3) is 0 Å². The average molecular weight is 281 g/mol. The lowest BCUT2D eigenvalue weighted by Crippen LogP contribution is -2.20. The zero-order valence-corrected chi connectivity index (χ0v) is 9.72. The highest BCUT2D eigenvalue weighted by atomic mass is 79.9. The molecule has 1 rings (SSSR count). The van der Waals surface area contributed by atoms with E-state index in [1.165, 1.54) is 0 Å². The summed E-state index contributed by atoms with van der Waals surface area (Å²) in [6.45, 7) is 0.122. The first-order chi connectivity index (χ1) is 6.15. The Labute approximate surface area is 96.8 Å². The number of hydrogen-bond donors (Lipinski definition) is 2. The van der Waals surface area contributed by atoms with Gasteiger partial charge in [-0.05, 0) is 17.7 Å². The van der Waals surface area contributed by atoms with E-state index in [0.717, 1.165) is 10.0 Å². The molecule has 0 saturated heterocycles. The van der Waals surface area contributed by atoms with Gasteiger partial charge >= 0.3 is 5.97 Å². The second-order valence-electron chi connectivity index (χ2n) is 2.68. The maximum absolute atomic E-state index is 10.7. The van der Waals surface area contributed by atoms with Crippen LogP contribution in [0, 0.1) is 0 Å². The second kappa shape index (κ2) is 6.01. The van der Waals surface area contributed by atoms with Gasteiger partial charge in [-0.1, -0.05) is 28.1 Å². The molecule has 3 nitrogen and oxygen atoms in total. The molecular formula is C9H11BrClNO2. The average Bonchev–Trinajstić information content (AvgIpc) is 2.09. The van der Waals surface area contributed by atoms with Crippen molar-refractivity contribution in [1.82, 2.24) is 0 Å². The summed E-state index contributed by atoms with van der Waals surface area (Å²) < 4.78 is 0.928. The van der Waals surface area contributed by atoms with Gasteiger partial charge in [-0.15, -0.1) is 12.4 Å². The minimum Gasteiger partial charge on any atom is -0.481 e. The molecule has 14 heavy (non-hydrogen) atoms. The van der Waals surface area contributed by atoms with Gasteiger partial charge in [0.15, 0.2) is 0 Å². The van der Waals surface area contributed by atoms with Crippen LogP contribution in [0.15, 0.2) is 28.7 Å². The van der Waals surface area contributed by atoms with Crippen molar-refractivity contribution in [2.24, 2.45) is 5.73 Å². The van der Waals surface area contributed by atoms with Crippen LogP contribution in [0.4, 0.5) is 0 Å². The molecule has 0 aliphatic carbocycles. The van der Waals surface area contributed by atoms with Crippen LogP contribution in [0.3, 0.4) is 0 Å². The molecule has 78 valence electrons. The fourth-order valence-corrected chi connectivity index (χ4v) is 1.34. The molecule has 0 fully saturated rings. The van der Waals surface area contributed by atoms with E-state index in [4.69, 9.17) is 10.8 Å². The predicted octanol–water partition coefficient (Wildman–Crippen LogP) is 2.00. The minimum atomic E-state index is -0.884. The molecular weight excluding hydrogens is 269 g/mol. The van der Waals surface area contributed by atoms with Gasteiger partial charge in [0.05, 0.1) is 5.92 Å². The number of carboxylic acid groups (broad SMARTS) is 1. The summed E-state index contributed by atoms with van der Waals surface area (Å²) >= 11 is 3.27. The number of rotatable bonds is 3. The molecule has 1 atom stereocenters. The summed E-state index contributed by atoms with van der Waals surface area (Å²) in [5, 5.41) is 8.80. The molecule has 0 bridgehead atoms. The largest absolute Gasteiger partial charge is 0.481 e. The number of carbonyl (C=O) groups is 1. The van der Waals surface area contributed by atoms with Crippen molar-refractivity contribution in [2.75, 3.05) is 6.54 Å². The minimum absolute atomic E-state index is 0. The molecule has 5 heteroatoms. The lowest BCUT2D eigenvalue weighted by molar-refractivity contribution is -0.138. The highest BCUT2D eigenvalue weighted by Crippen LogP contribution is 2.17. The highest BCUT2D eigenvalue weighted by molar-refractivity contribution is 9.10. The van der Waals surface area contributed by atoms with Crippen molar-refractivity contribution in [3.63, 3.8) is 0 Å². The van der Waals surface area contributed by atoms with Crippen LogP contribution in [-0.4, -0.2) is 17.6 Å². The predicted molar refractivity (Wildman–Crippen MR) is 60.8 cm³/mol. The zero-order chi connectivity index (χ0) is 9.84. The topological polar surface area (TPSA) is 63.3 Å². The zero-order valence-electron chi connectivity index (χ0n) is 7.31. The smallest absolute Gasteiger partial charge is 0.312 e.